The Labute approximate surface area is 98.1 Å². The van der Waals surface area contributed by atoms with Crippen LogP contribution in [0.25, 0.3) is 5.82 Å². The van der Waals surface area contributed by atoms with Crippen LogP contribution in [0.4, 0.5) is 5.69 Å². The minimum atomic E-state index is -0.411. The second-order valence-electron chi connectivity index (χ2n) is 3.93. The highest BCUT2D eigenvalue weighted by atomic mass is 16.6. The summed E-state index contributed by atoms with van der Waals surface area (Å²) in [6, 6.07) is 3.34. The number of nitro groups is 1. The normalized spacial score (nSPS) is 10.5. The number of nitrogens with zero attached hydrogens (tertiary/aromatic N) is 4. The van der Waals surface area contributed by atoms with Crippen LogP contribution in [0.1, 0.15) is 17.0 Å². The maximum Gasteiger partial charge on any atom is 0.277 e. The summed E-state index contributed by atoms with van der Waals surface area (Å²) < 4.78 is 1.60. The highest BCUT2D eigenvalue weighted by molar-refractivity contribution is 5.43. The van der Waals surface area contributed by atoms with E-state index in [9.17, 15) is 10.1 Å². The third kappa shape index (κ3) is 2.01. The molecule has 6 nitrogen and oxygen atoms in total. The molecule has 2 aromatic rings. The van der Waals surface area contributed by atoms with E-state index in [1.54, 1.807) is 11.6 Å². The van der Waals surface area contributed by atoms with Crippen molar-refractivity contribution in [1.29, 1.82) is 0 Å². The Morgan fingerprint density at radius 3 is 2.53 bits per heavy atom. The minimum absolute atomic E-state index is 0.0579. The molecule has 0 radical (unpaired) electrons. The van der Waals surface area contributed by atoms with Crippen LogP contribution in [0.2, 0.25) is 0 Å². The van der Waals surface area contributed by atoms with Gasteiger partial charge in [0.05, 0.1) is 16.7 Å². The second kappa shape index (κ2) is 3.97. The van der Waals surface area contributed by atoms with Gasteiger partial charge in [-0.1, -0.05) is 0 Å². The Bertz CT molecular complexity index is 589. The van der Waals surface area contributed by atoms with E-state index in [2.05, 4.69) is 10.1 Å². The summed E-state index contributed by atoms with van der Waals surface area (Å²) in [6.45, 7) is 5.41. The van der Waals surface area contributed by atoms with Crippen molar-refractivity contribution in [2.45, 2.75) is 20.8 Å². The zero-order chi connectivity index (χ0) is 12.6. The van der Waals surface area contributed by atoms with Crippen LogP contribution in [0.5, 0.6) is 0 Å². The molecule has 0 spiro atoms. The second-order valence-corrected chi connectivity index (χ2v) is 3.93. The molecule has 0 fully saturated rings. The van der Waals surface area contributed by atoms with E-state index in [1.165, 1.54) is 12.3 Å². The summed E-state index contributed by atoms with van der Waals surface area (Å²) in [5, 5.41) is 15.1. The fraction of sp³-hybridized carbons (Fsp3) is 0.273. The molecule has 0 N–H and O–H groups in total. The van der Waals surface area contributed by atoms with Crippen molar-refractivity contribution in [3.8, 4) is 5.82 Å². The van der Waals surface area contributed by atoms with E-state index in [1.807, 2.05) is 19.9 Å². The molecule has 0 aliphatic carbocycles. The quantitative estimate of drug-likeness (QED) is 0.587. The summed E-state index contributed by atoms with van der Waals surface area (Å²) in [6.07, 6.45) is 1.49. The van der Waals surface area contributed by atoms with Crippen LogP contribution < -0.4 is 0 Å². The van der Waals surface area contributed by atoms with Gasteiger partial charge in [0.25, 0.3) is 5.69 Å². The number of pyridine rings is 1. The van der Waals surface area contributed by atoms with Gasteiger partial charge in [-0.15, -0.1) is 0 Å². The fourth-order valence-electron chi connectivity index (χ4n) is 1.68. The van der Waals surface area contributed by atoms with Crippen molar-refractivity contribution in [3.05, 3.63) is 45.4 Å². The SMILES string of the molecule is Cc1cc(C)n(-c2cc([N+](=O)[O-])c(C)cn2)n1. The Hall–Kier alpha value is -2.24. The Kier molecular flexibility index (Phi) is 2.63. The lowest BCUT2D eigenvalue weighted by Crippen LogP contribution is -2.04. The molecule has 0 saturated carbocycles. The van der Waals surface area contributed by atoms with E-state index in [0.717, 1.165) is 11.4 Å². The molecule has 2 heterocycles. The lowest BCUT2D eigenvalue weighted by Gasteiger charge is -2.04. The molecule has 6 heteroatoms. The largest absolute Gasteiger partial charge is 0.277 e. The molecule has 88 valence electrons. The molecule has 17 heavy (non-hydrogen) atoms. The topological polar surface area (TPSA) is 73.8 Å². The van der Waals surface area contributed by atoms with Crippen molar-refractivity contribution in [1.82, 2.24) is 14.8 Å². The summed E-state index contributed by atoms with van der Waals surface area (Å²) in [5.74, 6) is 0.466. The zero-order valence-electron chi connectivity index (χ0n) is 9.84. The first-order valence-electron chi connectivity index (χ1n) is 5.13. The third-order valence-electron chi connectivity index (χ3n) is 2.48. The van der Waals surface area contributed by atoms with Crippen molar-refractivity contribution in [2.24, 2.45) is 0 Å². The van der Waals surface area contributed by atoms with Gasteiger partial charge in [0.2, 0.25) is 0 Å². The van der Waals surface area contributed by atoms with Gasteiger partial charge in [-0.2, -0.15) is 5.10 Å². The molecule has 2 aromatic heterocycles. The molecule has 0 unspecified atom stereocenters. The van der Waals surface area contributed by atoms with E-state index in [-0.39, 0.29) is 5.69 Å². The molecule has 0 saturated heterocycles. The third-order valence-corrected chi connectivity index (χ3v) is 2.48. The highest BCUT2D eigenvalue weighted by Crippen LogP contribution is 2.20. The number of hydrogen-bond donors (Lipinski definition) is 0. The zero-order valence-corrected chi connectivity index (χ0v) is 9.84. The number of hydrogen-bond acceptors (Lipinski definition) is 4. The van der Waals surface area contributed by atoms with Crippen LogP contribution >= 0.6 is 0 Å². The lowest BCUT2D eigenvalue weighted by molar-refractivity contribution is -0.385. The molecule has 0 amide bonds. The van der Waals surface area contributed by atoms with Crippen molar-refractivity contribution in [3.63, 3.8) is 0 Å². The van der Waals surface area contributed by atoms with Gasteiger partial charge in [0.1, 0.15) is 0 Å². The van der Waals surface area contributed by atoms with Crippen LogP contribution in [-0.2, 0) is 0 Å². The summed E-state index contributed by atoms with van der Waals surface area (Å²) in [4.78, 5) is 14.6. The molecule has 0 aliphatic heterocycles. The number of aromatic nitrogens is 3. The first-order valence-corrected chi connectivity index (χ1v) is 5.13. The van der Waals surface area contributed by atoms with Gasteiger partial charge in [0.15, 0.2) is 5.82 Å². The molecule has 0 bridgehead atoms. The van der Waals surface area contributed by atoms with Gasteiger partial charge in [-0.05, 0) is 26.8 Å². The van der Waals surface area contributed by atoms with E-state index in [4.69, 9.17) is 0 Å². The maximum absolute atomic E-state index is 10.8. The maximum atomic E-state index is 10.8. The molecule has 0 aliphatic rings. The predicted molar refractivity (Wildman–Crippen MR) is 62.2 cm³/mol. The van der Waals surface area contributed by atoms with Gasteiger partial charge in [-0.3, -0.25) is 10.1 Å². The number of aryl methyl sites for hydroxylation is 3. The van der Waals surface area contributed by atoms with Crippen LogP contribution in [0.15, 0.2) is 18.3 Å². The number of rotatable bonds is 2. The Balaban J connectivity index is 2.57. The summed E-state index contributed by atoms with van der Waals surface area (Å²) >= 11 is 0. The summed E-state index contributed by atoms with van der Waals surface area (Å²) in [7, 11) is 0. The summed E-state index contributed by atoms with van der Waals surface area (Å²) in [5.41, 5.74) is 2.35. The van der Waals surface area contributed by atoms with Crippen LogP contribution in [-0.4, -0.2) is 19.7 Å². The molecular weight excluding hydrogens is 220 g/mol. The van der Waals surface area contributed by atoms with E-state index >= 15 is 0 Å². The molecule has 2 rings (SSSR count). The monoisotopic (exact) mass is 232 g/mol. The molecular formula is C11H12N4O2. The lowest BCUT2D eigenvalue weighted by atomic mass is 10.2. The minimum Gasteiger partial charge on any atom is -0.258 e. The van der Waals surface area contributed by atoms with Gasteiger partial charge in [0, 0.05) is 17.5 Å². The molecule has 0 aromatic carbocycles. The standard InChI is InChI=1S/C11H12N4O2/c1-7-6-12-11(5-10(7)15(16)17)14-9(3)4-8(2)13-14/h4-6H,1-3H3. The first kappa shape index (κ1) is 11.3. The molecule has 0 atom stereocenters. The Morgan fingerprint density at radius 2 is 2.00 bits per heavy atom. The average molecular weight is 232 g/mol. The van der Waals surface area contributed by atoms with E-state index in [0.29, 0.717) is 11.4 Å². The van der Waals surface area contributed by atoms with Gasteiger partial charge >= 0.3 is 0 Å². The average Bonchev–Trinajstić information content (AvgIpc) is 2.58. The van der Waals surface area contributed by atoms with Crippen molar-refractivity contribution < 1.29 is 4.92 Å². The highest BCUT2D eigenvalue weighted by Gasteiger charge is 2.14. The van der Waals surface area contributed by atoms with Crippen LogP contribution in [0.3, 0.4) is 0 Å². The smallest absolute Gasteiger partial charge is 0.258 e. The fourth-order valence-corrected chi connectivity index (χ4v) is 1.68. The van der Waals surface area contributed by atoms with Gasteiger partial charge in [-0.25, -0.2) is 9.67 Å². The van der Waals surface area contributed by atoms with Gasteiger partial charge < -0.3 is 0 Å². The first-order chi connectivity index (χ1) is 7.99. The van der Waals surface area contributed by atoms with E-state index < -0.39 is 4.92 Å². The Morgan fingerprint density at radius 1 is 1.29 bits per heavy atom. The van der Waals surface area contributed by atoms with Crippen molar-refractivity contribution >= 4 is 5.69 Å². The predicted octanol–water partition coefficient (Wildman–Crippen LogP) is 2.10. The van der Waals surface area contributed by atoms with Crippen LogP contribution in [0, 0.1) is 30.9 Å². The van der Waals surface area contributed by atoms with Crippen molar-refractivity contribution in [2.75, 3.05) is 0 Å².